The molecule has 1 aliphatic rings. The van der Waals surface area contributed by atoms with Gasteiger partial charge in [0, 0.05) is 25.0 Å². The summed E-state index contributed by atoms with van der Waals surface area (Å²) in [6.45, 7) is 9.21. The minimum absolute atomic E-state index is 0.565. The molecule has 0 aromatic carbocycles. The van der Waals surface area contributed by atoms with Gasteiger partial charge in [0.15, 0.2) is 0 Å². The van der Waals surface area contributed by atoms with Crippen molar-refractivity contribution in [2.45, 2.75) is 45.7 Å². The van der Waals surface area contributed by atoms with E-state index in [4.69, 9.17) is 0 Å². The topological polar surface area (TPSA) is 44.0 Å². The lowest BCUT2D eigenvalue weighted by Crippen LogP contribution is -2.44. The molecule has 1 aromatic heterocycles. The van der Waals surface area contributed by atoms with Gasteiger partial charge in [0.05, 0.1) is 6.54 Å². The molecule has 1 saturated heterocycles. The summed E-state index contributed by atoms with van der Waals surface area (Å²) >= 11 is 0. The lowest BCUT2D eigenvalue weighted by atomic mass is 9.91. The Hall–Kier alpha value is -0.870. The molecule has 2 N–H and O–H groups in total. The average molecular weight is 250 g/mol. The maximum absolute atomic E-state index is 4.25. The first-order valence-corrected chi connectivity index (χ1v) is 7.23. The molecule has 4 nitrogen and oxygen atoms in total. The van der Waals surface area contributed by atoms with E-state index in [1.54, 1.807) is 0 Å². The number of aromatic amines is 1. The van der Waals surface area contributed by atoms with Crippen molar-refractivity contribution in [3.05, 3.63) is 18.2 Å². The Morgan fingerprint density at radius 2 is 2.50 bits per heavy atom. The largest absolute Gasteiger partial charge is 0.348 e. The van der Waals surface area contributed by atoms with E-state index in [-0.39, 0.29) is 0 Å². The zero-order valence-corrected chi connectivity index (χ0v) is 11.7. The Kier molecular flexibility index (Phi) is 5.20. The molecule has 1 aliphatic heterocycles. The Bertz CT molecular complexity index is 321. The van der Waals surface area contributed by atoms with Gasteiger partial charge in [0.2, 0.25) is 0 Å². The molecule has 0 aliphatic carbocycles. The maximum atomic E-state index is 4.25. The molecule has 1 fully saturated rings. The Balaban J connectivity index is 1.75. The van der Waals surface area contributed by atoms with Crippen LogP contribution in [-0.4, -0.2) is 40.5 Å². The van der Waals surface area contributed by atoms with Gasteiger partial charge in [-0.25, -0.2) is 4.98 Å². The summed E-state index contributed by atoms with van der Waals surface area (Å²) in [7, 11) is 0. The van der Waals surface area contributed by atoms with Crippen molar-refractivity contribution in [2.75, 3.05) is 19.6 Å². The van der Waals surface area contributed by atoms with Gasteiger partial charge in [-0.2, -0.15) is 0 Å². The summed E-state index contributed by atoms with van der Waals surface area (Å²) in [4.78, 5) is 10.0. The molecular weight excluding hydrogens is 224 g/mol. The molecule has 2 atom stereocenters. The van der Waals surface area contributed by atoms with E-state index in [0.717, 1.165) is 18.3 Å². The standard InChI is InChI=1S/C14H26N4/c1-3-8-18-9-4-5-13(11-18)12(2)17-10-14-15-6-7-16-14/h6-7,12-13,17H,3-5,8-11H2,1-2H3,(H,15,16). The number of piperidine rings is 1. The predicted octanol–water partition coefficient (Wildman–Crippen LogP) is 2.01. The van der Waals surface area contributed by atoms with Crippen molar-refractivity contribution >= 4 is 0 Å². The zero-order chi connectivity index (χ0) is 12.8. The van der Waals surface area contributed by atoms with Crippen molar-refractivity contribution in [3.63, 3.8) is 0 Å². The third-order valence-electron chi connectivity index (χ3n) is 3.94. The predicted molar refractivity (Wildman–Crippen MR) is 74.3 cm³/mol. The van der Waals surface area contributed by atoms with Crippen molar-refractivity contribution in [2.24, 2.45) is 5.92 Å². The van der Waals surface area contributed by atoms with Crippen LogP contribution >= 0.6 is 0 Å². The van der Waals surface area contributed by atoms with Gasteiger partial charge in [-0.05, 0) is 45.2 Å². The van der Waals surface area contributed by atoms with Crippen molar-refractivity contribution in [1.82, 2.24) is 20.2 Å². The fraction of sp³-hybridized carbons (Fsp3) is 0.786. The summed E-state index contributed by atoms with van der Waals surface area (Å²) in [5.41, 5.74) is 0. The molecule has 102 valence electrons. The van der Waals surface area contributed by atoms with E-state index in [9.17, 15) is 0 Å². The van der Waals surface area contributed by atoms with Crippen LogP contribution in [0.5, 0.6) is 0 Å². The summed E-state index contributed by atoms with van der Waals surface area (Å²) < 4.78 is 0. The van der Waals surface area contributed by atoms with Gasteiger partial charge in [0.25, 0.3) is 0 Å². The molecule has 2 rings (SSSR count). The SMILES string of the molecule is CCCN1CCCC(C(C)NCc2ncc[nH]2)C1. The average Bonchev–Trinajstić information content (AvgIpc) is 2.90. The van der Waals surface area contributed by atoms with E-state index in [1.165, 1.54) is 38.9 Å². The highest BCUT2D eigenvalue weighted by Gasteiger charge is 2.23. The Labute approximate surface area is 110 Å². The van der Waals surface area contributed by atoms with Crippen molar-refractivity contribution < 1.29 is 0 Å². The second-order valence-corrected chi connectivity index (χ2v) is 5.41. The first kappa shape index (κ1) is 13.6. The number of hydrogen-bond donors (Lipinski definition) is 2. The number of nitrogens with zero attached hydrogens (tertiary/aromatic N) is 2. The fourth-order valence-corrected chi connectivity index (χ4v) is 2.84. The lowest BCUT2D eigenvalue weighted by Gasteiger charge is -2.36. The normalized spacial score (nSPS) is 23.1. The first-order valence-electron chi connectivity index (χ1n) is 7.23. The third kappa shape index (κ3) is 3.82. The van der Waals surface area contributed by atoms with Crippen LogP contribution in [0.2, 0.25) is 0 Å². The highest BCUT2D eigenvalue weighted by Crippen LogP contribution is 2.20. The second kappa shape index (κ2) is 6.90. The number of hydrogen-bond acceptors (Lipinski definition) is 3. The monoisotopic (exact) mass is 250 g/mol. The fourth-order valence-electron chi connectivity index (χ4n) is 2.84. The smallest absolute Gasteiger partial charge is 0.120 e. The molecule has 1 aromatic rings. The van der Waals surface area contributed by atoms with Crippen LogP contribution in [0.25, 0.3) is 0 Å². The number of nitrogens with one attached hydrogen (secondary N) is 2. The van der Waals surface area contributed by atoms with Crippen LogP contribution in [0.4, 0.5) is 0 Å². The third-order valence-corrected chi connectivity index (χ3v) is 3.94. The minimum Gasteiger partial charge on any atom is -0.348 e. The van der Waals surface area contributed by atoms with Crippen LogP contribution in [-0.2, 0) is 6.54 Å². The molecule has 4 heteroatoms. The molecule has 2 unspecified atom stereocenters. The molecule has 0 radical (unpaired) electrons. The van der Waals surface area contributed by atoms with E-state index in [1.807, 2.05) is 12.4 Å². The van der Waals surface area contributed by atoms with Crippen molar-refractivity contribution in [3.8, 4) is 0 Å². The molecule has 0 bridgehead atoms. The van der Waals surface area contributed by atoms with Gasteiger partial charge in [-0.1, -0.05) is 6.92 Å². The number of imidazole rings is 1. The second-order valence-electron chi connectivity index (χ2n) is 5.41. The van der Waals surface area contributed by atoms with Crippen LogP contribution in [0.3, 0.4) is 0 Å². The molecule has 18 heavy (non-hydrogen) atoms. The number of rotatable bonds is 6. The zero-order valence-electron chi connectivity index (χ0n) is 11.7. The summed E-state index contributed by atoms with van der Waals surface area (Å²) in [6.07, 6.45) is 7.65. The number of likely N-dealkylation sites (tertiary alicyclic amines) is 1. The first-order chi connectivity index (χ1) is 8.79. The van der Waals surface area contributed by atoms with E-state index in [0.29, 0.717) is 6.04 Å². The van der Waals surface area contributed by atoms with Crippen LogP contribution in [0.15, 0.2) is 12.4 Å². The molecule has 0 saturated carbocycles. The quantitative estimate of drug-likeness (QED) is 0.812. The summed E-state index contributed by atoms with van der Waals surface area (Å²) in [5.74, 6) is 1.81. The number of aromatic nitrogens is 2. The van der Waals surface area contributed by atoms with E-state index >= 15 is 0 Å². The highest BCUT2D eigenvalue weighted by atomic mass is 15.1. The maximum Gasteiger partial charge on any atom is 0.120 e. The van der Waals surface area contributed by atoms with Gasteiger partial charge < -0.3 is 15.2 Å². The highest BCUT2D eigenvalue weighted by molar-refractivity contribution is 4.88. The molecule has 0 spiro atoms. The Morgan fingerprint density at radius 3 is 3.22 bits per heavy atom. The molecule has 0 amide bonds. The van der Waals surface area contributed by atoms with E-state index in [2.05, 4.69) is 34.0 Å². The van der Waals surface area contributed by atoms with Crippen molar-refractivity contribution in [1.29, 1.82) is 0 Å². The van der Waals surface area contributed by atoms with Crippen LogP contribution < -0.4 is 5.32 Å². The number of H-pyrrole nitrogens is 1. The van der Waals surface area contributed by atoms with Gasteiger partial charge in [-0.15, -0.1) is 0 Å². The van der Waals surface area contributed by atoms with Gasteiger partial charge >= 0.3 is 0 Å². The summed E-state index contributed by atoms with van der Waals surface area (Å²) in [5, 5.41) is 3.60. The Morgan fingerprint density at radius 1 is 1.61 bits per heavy atom. The van der Waals surface area contributed by atoms with Gasteiger partial charge in [-0.3, -0.25) is 0 Å². The van der Waals surface area contributed by atoms with Crippen LogP contribution in [0.1, 0.15) is 38.9 Å². The lowest BCUT2D eigenvalue weighted by molar-refractivity contribution is 0.150. The van der Waals surface area contributed by atoms with Crippen LogP contribution in [0, 0.1) is 5.92 Å². The summed E-state index contributed by atoms with van der Waals surface area (Å²) in [6, 6.07) is 0.565. The van der Waals surface area contributed by atoms with Gasteiger partial charge in [0.1, 0.15) is 5.82 Å². The molecular formula is C14H26N4. The van der Waals surface area contributed by atoms with E-state index < -0.39 is 0 Å². The minimum atomic E-state index is 0.565. The molecule has 2 heterocycles.